The van der Waals surface area contributed by atoms with Crippen LogP contribution in [0.1, 0.15) is 16.7 Å². The molecule has 0 saturated carbocycles. The monoisotopic (exact) mass is 346 g/mol. The molecule has 0 bridgehead atoms. The van der Waals surface area contributed by atoms with Gasteiger partial charge in [0.2, 0.25) is 0 Å². The molecule has 0 atom stereocenters. The molecule has 2 aromatic rings. The first-order valence-corrected chi connectivity index (χ1v) is 7.87. The lowest BCUT2D eigenvalue weighted by atomic mass is 9.97. The number of nitrogens with zero attached hydrogens (tertiary/aromatic N) is 1. The van der Waals surface area contributed by atoms with Crippen LogP contribution in [0.25, 0.3) is 0 Å². The minimum Gasteiger partial charge on any atom is -0.497 e. The predicted octanol–water partition coefficient (Wildman–Crippen LogP) is 3.60. The molecule has 3 nitrogen and oxygen atoms in total. The number of benzene rings is 2. The third-order valence-electron chi connectivity index (χ3n) is 4.03. The first kappa shape index (κ1) is 14.4. The van der Waals surface area contributed by atoms with E-state index < -0.39 is 0 Å². The van der Waals surface area contributed by atoms with Crippen molar-refractivity contribution < 1.29 is 4.74 Å². The fourth-order valence-corrected chi connectivity index (χ4v) is 3.24. The van der Waals surface area contributed by atoms with Crippen LogP contribution in [0.3, 0.4) is 0 Å². The number of fused-ring (bicyclic) bond motifs is 1. The van der Waals surface area contributed by atoms with Crippen LogP contribution < -0.4 is 10.5 Å². The molecule has 0 amide bonds. The fourth-order valence-electron chi connectivity index (χ4n) is 2.87. The van der Waals surface area contributed by atoms with Crippen LogP contribution in [0.5, 0.6) is 5.75 Å². The Labute approximate surface area is 133 Å². The summed E-state index contributed by atoms with van der Waals surface area (Å²) in [7, 11) is 1.70. The number of nitrogens with two attached hydrogens (primary N) is 1. The van der Waals surface area contributed by atoms with E-state index in [1.54, 1.807) is 7.11 Å². The first-order chi connectivity index (χ1) is 10.2. The number of ether oxygens (including phenoxy) is 1. The highest BCUT2D eigenvalue weighted by Gasteiger charge is 2.18. The minimum atomic E-state index is 0.898. The number of halogens is 1. The van der Waals surface area contributed by atoms with Gasteiger partial charge in [-0.15, -0.1) is 0 Å². The van der Waals surface area contributed by atoms with Gasteiger partial charge in [0.1, 0.15) is 5.75 Å². The van der Waals surface area contributed by atoms with Gasteiger partial charge in [-0.2, -0.15) is 0 Å². The third kappa shape index (κ3) is 3.06. The van der Waals surface area contributed by atoms with Crippen molar-refractivity contribution in [1.29, 1.82) is 0 Å². The Morgan fingerprint density at radius 1 is 1.29 bits per heavy atom. The molecule has 21 heavy (non-hydrogen) atoms. The summed E-state index contributed by atoms with van der Waals surface area (Å²) in [5.74, 6) is 0.898. The van der Waals surface area contributed by atoms with Gasteiger partial charge in [0.25, 0.3) is 0 Å². The molecule has 2 N–H and O–H groups in total. The van der Waals surface area contributed by atoms with Gasteiger partial charge >= 0.3 is 0 Å². The van der Waals surface area contributed by atoms with Gasteiger partial charge in [-0.3, -0.25) is 4.90 Å². The van der Waals surface area contributed by atoms with Gasteiger partial charge in [0.05, 0.1) is 7.11 Å². The van der Waals surface area contributed by atoms with E-state index >= 15 is 0 Å². The topological polar surface area (TPSA) is 38.5 Å². The van der Waals surface area contributed by atoms with Crippen LogP contribution in [0, 0.1) is 0 Å². The summed E-state index contributed by atoms with van der Waals surface area (Å²) in [6, 6.07) is 12.3. The average Bonchev–Trinajstić information content (AvgIpc) is 2.50. The number of rotatable bonds is 3. The molecular weight excluding hydrogens is 328 g/mol. The van der Waals surface area contributed by atoms with E-state index in [0.29, 0.717) is 0 Å². The normalized spacial score (nSPS) is 14.8. The van der Waals surface area contributed by atoms with E-state index in [0.717, 1.165) is 42.0 Å². The van der Waals surface area contributed by atoms with E-state index in [1.807, 2.05) is 24.3 Å². The lowest BCUT2D eigenvalue weighted by Crippen LogP contribution is -2.30. The molecule has 1 heterocycles. The Kier molecular flexibility index (Phi) is 4.17. The maximum atomic E-state index is 6.06. The largest absolute Gasteiger partial charge is 0.497 e. The molecule has 1 aliphatic rings. The van der Waals surface area contributed by atoms with Crippen molar-refractivity contribution in [3.8, 4) is 5.75 Å². The fraction of sp³-hybridized carbons (Fsp3) is 0.294. The summed E-state index contributed by atoms with van der Waals surface area (Å²) < 4.78 is 6.44. The number of hydrogen-bond donors (Lipinski definition) is 1. The Morgan fingerprint density at radius 2 is 2.14 bits per heavy atom. The van der Waals surface area contributed by atoms with Gasteiger partial charge in [-0.25, -0.2) is 0 Å². The molecule has 0 fully saturated rings. The predicted molar refractivity (Wildman–Crippen MR) is 89.4 cm³/mol. The van der Waals surface area contributed by atoms with Crippen LogP contribution in [0.2, 0.25) is 0 Å². The summed E-state index contributed by atoms with van der Waals surface area (Å²) in [6.07, 6.45) is 1.02. The van der Waals surface area contributed by atoms with Crippen LogP contribution >= 0.6 is 15.9 Å². The first-order valence-electron chi connectivity index (χ1n) is 7.08. The van der Waals surface area contributed by atoms with Gasteiger partial charge in [-0.1, -0.05) is 28.1 Å². The molecule has 0 aliphatic carbocycles. The van der Waals surface area contributed by atoms with Crippen molar-refractivity contribution in [2.45, 2.75) is 19.5 Å². The molecule has 2 aromatic carbocycles. The second kappa shape index (κ2) is 6.08. The second-order valence-electron chi connectivity index (χ2n) is 5.40. The highest BCUT2D eigenvalue weighted by atomic mass is 79.9. The SMILES string of the molecule is COc1ccc(Br)c(CN2CCc3c(N)cccc3C2)c1. The van der Waals surface area contributed by atoms with Crippen molar-refractivity contribution >= 4 is 21.6 Å². The number of hydrogen-bond acceptors (Lipinski definition) is 3. The summed E-state index contributed by atoms with van der Waals surface area (Å²) in [6.45, 7) is 2.89. The van der Waals surface area contributed by atoms with Gasteiger partial charge in [0.15, 0.2) is 0 Å². The van der Waals surface area contributed by atoms with Crippen LogP contribution in [-0.4, -0.2) is 18.6 Å². The maximum Gasteiger partial charge on any atom is 0.119 e. The third-order valence-corrected chi connectivity index (χ3v) is 4.80. The molecule has 110 valence electrons. The molecule has 0 aromatic heterocycles. The lowest BCUT2D eigenvalue weighted by Gasteiger charge is -2.29. The quantitative estimate of drug-likeness (QED) is 0.863. The molecule has 0 unspecified atom stereocenters. The van der Waals surface area contributed by atoms with E-state index in [1.165, 1.54) is 16.7 Å². The lowest BCUT2D eigenvalue weighted by molar-refractivity contribution is 0.245. The zero-order valence-corrected chi connectivity index (χ0v) is 13.7. The van der Waals surface area contributed by atoms with Gasteiger partial charge < -0.3 is 10.5 Å². The van der Waals surface area contributed by atoms with Crippen molar-refractivity contribution in [2.24, 2.45) is 0 Å². The smallest absolute Gasteiger partial charge is 0.119 e. The molecule has 1 aliphatic heterocycles. The number of nitrogen functional groups attached to an aromatic ring is 1. The highest BCUT2D eigenvalue weighted by molar-refractivity contribution is 9.10. The van der Waals surface area contributed by atoms with Crippen LogP contribution in [-0.2, 0) is 19.5 Å². The Balaban J connectivity index is 1.78. The molecule has 0 spiro atoms. The van der Waals surface area contributed by atoms with E-state index in [2.05, 4.69) is 33.0 Å². The zero-order chi connectivity index (χ0) is 14.8. The summed E-state index contributed by atoms with van der Waals surface area (Å²) in [5.41, 5.74) is 10.9. The van der Waals surface area contributed by atoms with E-state index in [9.17, 15) is 0 Å². The zero-order valence-electron chi connectivity index (χ0n) is 12.1. The molecule has 4 heteroatoms. The average molecular weight is 347 g/mol. The Morgan fingerprint density at radius 3 is 2.95 bits per heavy atom. The Hall–Kier alpha value is -1.52. The molecule has 3 rings (SSSR count). The van der Waals surface area contributed by atoms with Gasteiger partial charge in [0, 0.05) is 29.8 Å². The summed E-state index contributed by atoms with van der Waals surface area (Å²) in [4.78, 5) is 2.45. The maximum absolute atomic E-state index is 6.06. The highest BCUT2D eigenvalue weighted by Crippen LogP contribution is 2.28. The standard InChI is InChI=1S/C17H19BrN2O/c1-21-14-5-6-16(18)13(9-14)11-20-8-7-15-12(10-20)3-2-4-17(15)19/h2-6,9H,7-8,10-11,19H2,1H3. The number of anilines is 1. The Bertz CT molecular complexity index is 657. The minimum absolute atomic E-state index is 0.898. The van der Waals surface area contributed by atoms with Crippen molar-refractivity contribution in [3.63, 3.8) is 0 Å². The van der Waals surface area contributed by atoms with E-state index in [4.69, 9.17) is 10.5 Å². The molecule has 0 radical (unpaired) electrons. The van der Waals surface area contributed by atoms with E-state index in [-0.39, 0.29) is 0 Å². The molecular formula is C17H19BrN2O. The van der Waals surface area contributed by atoms with Crippen LogP contribution in [0.4, 0.5) is 5.69 Å². The molecule has 0 saturated heterocycles. The van der Waals surface area contributed by atoms with Crippen molar-refractivity contribution in [2.75, 3.05) is 19.4 Å². The van der Waals surface area contributed by atoms with Crippen molar-refractivity contribution in [1.82, 2.24) is 4.90 Å². The van der Waals surface area contributed by atoms with Gasteiger partial charge in [-0.05, 0) is 47.4 Å². The summed E-state index contributed by atoms with van der Waals surface area (Å²) in [5, 5.41) is 0. The van der Waals surface area contributed by atoms with Crippen molar-refractivity contribution in [3.05, 3.63) is 57.6 Å². The summed E-state index contributed by atoms with van der Waals surface area (Å²) >= 11 is 3.63. The van der Waals surface area contributed by atoms with Crippen LogP contribution in [0.15, 0.2) is 40.9 Å². The number of methoxy groups -OCH3 is 1. The second-order valence-corrected chi connectivity index (χ2v) is 6.26.